The number of piperidine rings is 1. The Labute approximate surface area is 120 Å². The van der Waals surface area contributed by atoms with Crippen LogP contribution in [0.5, 0.6) is 0 Å². The molecule has 1 aromatic carbocycles. The molecule has 0 aromatic heterocycles. The van der Waals surface area contributed by atoms with Crippen LogP contribution in [0, 0.1) is 11.6 Å². The van der Waals surface area contributed by atoms with Gasteiger partial charge < -0.3 is 5.32 Å². The van der Waals surface area contributed by atoms with E-state index in [9.17, 15) is 8.78 Å². The predicted molar refractivity (Wildman–Crippen MR) is 77.6 cm³/mol. The number of hydrogen-bond donors (Lipinski definition) is 1. The number of rotatable bonds is 4. The summed E-state index contributed by atoms with van der Waals surface area (Å²) in [4.78, 5) is 2.40. The molecule has 1 aromatic rings. The van der Waals surface area contributed by atoms with Gasteiger partial charge in [-0.25, -0.2) is 8.78 Å². The van der Waals surface area contributed by atoms with Gasteiger partial charge in [0.15, 0.2) is 11.6 Å². The quantitative estimate of drug-likeness (QED) is 0.909. The smallest absolute Gasteiger partial charge is 0.163 e. The normalized spacial score (nSPS) is 25.6. The molecule has 1 saturated heterocycles. The molecular formula is C16H24F2N2. The standard InChI is InChI=1S/C16H24F2N2/c1-11-6-4-7-12(2)20(11)10-15(19-3)13-8-5-9-14(17)16(13)18/h5,8-9,11-12,15,19H,4,6-7,10H2,1-3H3. The third-order valence-corrected chi connectivity index (χ3v) is 4.47. The number of benzene rings is 1. The van der Waals surface area contributed by atoms with Crippen LogP contribution in [0.15, 0.2) is 18.2 Å². The highest BCUT2D eigenvalue weighted by Crippen LogP contribution is 2.27. The van der Waals surface area contributed by atoms with Crippen molar-refractivity contribution in [2.75, 3.05) is 13.6 Å². The zero-order valence-electron chi connectivity index (χ0n) is 12.5. The van der Waals surface area contributed by atoms with Crippen LogP contribution in [0.1, 0.15) is 44.7 Å². The number of halogens is 2. The molecule has 0 bridgehead atoms. The van der Waals surface area contributed by atoms with Gasteiger partial charge in [-0.2, -0.15) is 0 Å². The number of nitrogens with zero attached hydrogens (tertiary/aromatic N) is 1. The lowest BCUT2D eigenvalue weighted by Gasteiger charge is -2.41. The second-order valence-corrected chi connectivity index (χ2v) is 5.81. The summed E-state index contributed by atoms with van der Waals surface area (Å²) in [5, 5.41) is 3.13. The monoisotopic (exact) mass is 282 g/mol. The molecule has 2 rings (SSSR count). The molecule has 1 fully saturated rings. The van der Waals surface area contributed by atoms with Crippen molar-refractivity contribution >= 4 is 0 Å². The molecule has 0 radical (unpaired) electrons. The van der Waals surface area contributed by atoms with E-state index < -0.39 is 11.6 Å². The lowest BCUT2D eigenvalue weighted by Crippen LogP contribution is -2.47. The molecule has 0 aliphatic carbocycles. The number of likely N-dealkylation sites (N-methyl/N-ethyl adjacent to an activating group) is 1. The fourth-order valence-corrected chi connectivity index (χ4v) is 3.18. The van der Waals surface area contributed by atoms with E-state index in [2.05, 4.69) is 24.1 Å². The van der Waals surface area contributed by atoms with Crippen LogP contribution in [0.3, 0.4) is 0 Å². The largest absolute Gasteiger partial charge is 0.312 e. The summed E-state index contributed by atoms with van der Waals surface area (Å²) in [6.45, 7) is 5.13. The van der Waals surface area contributed by atoms with Gasteiger partial charge in [0.05, 0.1) is 0 Å². The highest BCUT2D eigenvalue weighted by Gasteiger charge is 2.28. The van der Waals surface area contributed by atoms with E-state index in [1.807, 2.05) is 0 Å². The predicted octanol–water partition coefficient (Wildman–Crippen LogP) is 3.49. The Kier molecular flexibility index (Phi) is 5.11. The molecule has 2 nitrogen and oxygen atoms in total. The van der Waals surface area contributed by atoms with E-state index in [-0.39, 0.29) is 6.04 Å². The highest BCUT2D eigenvalue weighted by atomic mass is 19.2. The first kappa shape index (κ1) is 15.4. The number of likely N-dealkylation sites (tertiary alicyclic amines) is 1. The van der Waals surface area contributed by atoms with E-state index in [0.717, 1.165) is 6.07 Å². The fraction of sp³-hybridized carbons (Fsp3) is 0.625. The van der Waals surface area contributed by atoms with Gasteiger partial charge in [-0.05, 0) is 39.8 Å². The molecule has 1 aliphatic heterocycles. The van der Waals surface area contributed by atoms with Crippen molar-refractivity contribution in [2.24, 2.45) is 0 Å². The first-order valence-corrected chi connectivity index (χ1v) is 7.41. The SMILES string of the molecule is CNC(CN1C(C)CCCC1C)c1cccc(F)c1F. The van der Waals surface area contributed by atoms with Crippen molar-refractivity contribution in [2.45, 2.75) is 51.2 Å². The highest BCUT2D eigenvalue weighted by molar-refractivity contribution is 5.23. The topological polar surface area (TPSA) is 15.3 Å². The Balaban J connectivity index is 2.18. The second-order valence-electron chi connectivity index (χ2n) is 5.81. The lowest BCUT2D eigenvalue weighted by atomic mass is 9.95. The van der Waals surface area contributed by atoms with E-state index >= 15 is 0 Å². The fourth-order valence-electron chi connectivity index (χ4n) is 3.18. The average Bonchev–Trinajstić information content (AvgIpc) is 2.42. The van der Waals surface area contributed by atoms with Crippen LogP contribution in [-0.2, 0) is 0 Å². The van der Waals surface area contributed by atoms with E-state index in [4.69, 9.17) is 0 Å². The maximum atomic E-state index is 14.0. The van der Waals surface area contributed by atoms with Gasteiger partial charge in [-0.15, -0.1) is 0 Å². The third-order valence-electron chi connectivity index (χ3n) is 4.47. The van der Waals surface area contributed by atoms with Crippen molar-refractivity contribution in [1.82, 2.24) is 10.2 Å². The Morgan fingerprint density at radius 1 is 1.25 bits per heavy atom. The minimum Gasteiger partial charge on any atom is -0.312 e. The molecule has 3 atom stereocenters. The van der Waals surface area contributed by atoms with Gasteiger partial charge >= 0.3 is 0 Å². The van der Waals surface area contributed by atoms with Crippen LogP contribution >= 0.6 is 0 Å². The van der Waals surface area contributed by atoms with Gasteiger partial charge in [0.1, 0.15) is 0 Å². The van der Waals surface area contributed by atoms with Gasteiger partial charge in [-0.3, -0.25) is 4.90 Å². The average molecular weight is 282 g/mol. The van der Waals surface area contributed by atoms with Crippen LogP contribution in [0.4, 0.5) is 8.78 Å². The molecule has 0 saturated carbocycles. The molecule has 0 amide bonds. The molecule has 1 heterocycles. The molecule has 112 valence electrons. The van der Waals surface area contributed by atoms with Crippen molar-refractivity contribution in [3.63, 3.8) is 0 Å². The Hall–Kier alpha value is -1.00. The molecule has 1 aliphatic rings. The number of nitrogens with one attached hydrogen (secondary N) is 1. The summed E-state index contributed by atoms with van der Waals surface area (Å²) < 4.78 is 27.3. The summed E-state index contributed by atoms with van der Waals surface area (Å²) in [6.07, 6.45) is 3.59. The maximum Gasteiger partial charge on any atom is 0.163 e. The second kappa shape index (κ2) is 6.64. The van der Waals surface area contributed by atoms with Crippen LogP contribution in [0.25, 0.3) is 0 Å². The van der Waals surface area contributed by atoms with Gasteiger partial charge in [-0.1, -0.05) is 18.6 Å². The maximum absolute atomic E-state index is 14.0. The van der Waals surface area contributed by atoms with Crippen molar-refractivity contribution in [1.29, 1.82) is 0 Å². The van der Waals surface area contributed by atoms with Gasteiger partial charge in [0.25, 0.3) is 0 Å². The summed E-state index contributed by atoms with van der Waals surface area (Å²) >= 11 is 0. The van der Waals surface area contributed by atoms with Crippen LogP contribution in [-0.4, -0.2) is 30.6 Å². The van der Waals surface area contributed by atoms with Crippen molar-refractivity contribution < 1.29 is 8.78 Å². The zero-order chi connectivity index (χ0) is 14.7. The van der Waals surface area contributed by atoms with Crippen molar-refractivity contribution in [3.8, 4) is 0 Å². The minimum absolute atomic E-state index is 0.186. The van der Waals surface area contributed by atoms with E-state index in [1.165, 1.54) is 19.3 Å². The molecule has 1 N–H and O–H groups in total. The molecule has 0 spiro atoms. The van der Waals surface area contributed by atoms with Crippen LogP contribution < -0.4 is 5.32 Å². The summed E-state index contributed by atoms with van der Waals surface area (Å²) in [7, 11) is 1.80. The molecule has 3 unspecified atom stereocenters. The Bertz CT molecular complexity index is 440. The van der Waals surface area contributed by atoms with E-state index in [0.29, 0.717) is 24.2 Å². The molecule has 20 heavy (non-hydrogen) atoms. The molecule has 4 heteroatoms. The molecular weight excluding hydrogens is 258 g/mol. The Morgan fingerprint density at radius 3 is 2.50 bits per heavy atom. The van der Waals surface area contributed by atoms with Crippen molar-refractivity contribution in [3.05, 3.63) is 35.4 Å². The minimum atomic E-state index is -0.775. The van der Waals surface area contributed by atoms with Gasteiger partial charge in [0, 0.05) is 30.2 Å². The summed E-state index contributed by atoms with van der Waals surface area (Å²) in [5.41, 5.74) is 0.414. The summed E-state index contributed by atoms with van der Waals surface area (Å²) in [5.74, 6) is -1.51. The zero-order valence-corrected chi connectivity index (χ0v) is 12.5. The first-order valence-electron chi connectivity index (χ1n) is 7.41. The Morgan fingerprint density at radius 2 is 1.90 bits per heavy atom. The van der Waals surface area contributed by atoms with Gasteiger partial charge in [0.2, 0.25) is 0 Å². The summed E-state index contributed by atoms with van der Waals surface area (Å²) in [6, 6.07) is 5.20. The first-order chi connectivity index (χ1) is 9.54. The van der Waals surface area contributed by atoms with E-state index in [1.54, 1.807) is 19.2 Å². The number of hydrogen-bond acceptors (Lipinski definition) is 2. The lowest BCUT2D eigenvalue weighted by molar-refractivity contribution is 0.0913. The third kappa shape index (κ3) is 3.18. The van der Waals surface area contributed by atoms with Crippen LogP contribution in [0.2, 0.25) is 0 Å².